The fraction of sp³-hybridized carbons (Fsp3) is 0.250. The van der Waals surface area contributed by atoms with Gasteiger partial charge in [-0.3, -0.25) is 0 Å². The molecule has 2 aromatic carbocycles. The Hall–Kier alpha value is -1.12. The standard InChI is InChI=1S/C16H17BrO/c17-15-11-5-4-7-13(15)10-6-12-16(18)14-8-2-1-3-9-14/h1-5,7-9,11,16,18H,6,10,12H2. The molecule has 0 aliphatic heterocycles. The predicted molar refractivity (Wildman–Crippen MR) is 78.5 cm³/mol. The van der Waals surface area contributed by atoms with Crippen LogP contribution in [-0.2, 0) is 6.42 Å². The molecular formula is C16H17BrO. The summed E-state index contributed by atoms with van der Waals surface area (Å²) >= 11 is 3.55. The number of halogens is 1. The number of aryl methyl sites for hydroxylation is 1. The van der Waals surface area contributed by atoms with Crippen molar-refractivity contribution < 1.29 is 5.11 Å². The second kappa shape index (κ2) is 6.72. The van der Waals surface area contributed by atoms with Crippen LogP contribution in [0, 0.1) is 0 Å². The lowest BCUT2D eigenvalue weighted by atomic mass is 10.0. The van der Waals surface area contributed by atoms with E-state index in [2.05, 4.69) is 28.1 Å². The van der Waals surface area contributed by atoms with Gasteiger partial charge in [0.05, 0.1) is 6.10 Å². The van der Waals surface area contributed by atoms with Crippen molar-refractivity contribution in [1.29, 1.82) is 0 Å². The molecule has 0 spiro atoms. The second-order valence-electron chi connectivity index (χ2n) is 4.41. The normalized spacial score (nSPS) is 12.3. The van der Waals surface area contributed by atoms with Crippen molar-refractivity contribution in [2.45, 2.75) is 25.4 Å². The number of rotatable bonds is 5. The highest BCUT2D eigenvalue weighted by atomic mass is 79.9. The second-order valence-corrected chi connectivity index (χ2v) is 5.26. The van der Waals surface area contributed by atoms with E-state index in [0.717, 1.165) is 29.3 Å². The minimum absolute atomic E-state index is 0.353. The van der Waals surface area contributed by atoms with Gasteiger partial charge in [0.15, 0.2) is 0 Å². The van der Waals surface area contributed by atoms with Gasteiger partial charge in [-0.15, -0.1) is 0 Å². The van der Waals surface area contributed by atoms with Crippen molar-refractivity contribution in [3.05, 3.63) is 70.2 Å². The smallest absolute Gasteiger partial charge is 0.0790 e. The first-order valence-corrected chi connectivity index (χ1v) is 7.03. The first-order chi connectivity index (χ1) is 8.77. The number of hydrogen-bond acceptors (Lipinski definition) is 1. The van der Waals surface area contributed by atoms with E-state index in [0.29, 0.717) is 0 Å². The summed E-state index contributed by atoms with van der Waals surface area (Å²) in [6.45, 7) is 0. The van der Waals surface area contributed by atoms with Gasteiger partial charge in [-0.2, -0.15) is 0 Å². The van der Waals surface area contributed by atoms with Crippen molar-refractivity contribution in [3.63, 3.8) is 0 Å². The van der Waals surface area contributed by atoms with Gasteiger partial charge in [-0.25, -0.2) is 0 Å². The Morgan fingerprint density at radius 1 is 0.944 bits per heavy atom. The zero-order valence-electron chi connectivity index (χ0n) is 10.2. The molecule has 0 heterocycles. The minimum atomic E-state index is -0.353. The highest BCUT2D eigenvalue weighted by Crippen LogP contribution is 2.22. The summed E-state index contributed by atoms with van der Waals surface area (Å²) in [5.74, 6) is 0. The summed E-state index contributed by atoms with van der Waals surface area (Å²) in [6, 6.07) is 18.1. The first kappa shape index (κ1) is 13.3. The maximum Gasteiger partial charge on any atom is 0.0790 e. The van der Waals surface area contributed by atoms with Crippen LogP contribution in [0.4, 0.5) is 0 Å². The van der Waals surface area contributed by atoms with Gasteiger partial charge in [0.2, 0.25) is 0 Å². The van der Waals surface area contributed by atoms with Gasteiger partial charge in [0.1, 0.15) is 0 Å². The molecule has 2 aromatic rings. The summed E-state index contributed by atoms with van der Waals surface area (Å²) in [5, 5.41) is 10.1. The van der Waals surface area contributed by atoms with Crippen LogP contribution >= 0.6 is 15.9 Å². The number of aliphatic hydroxyl groups excluding tert-OH is 1. The Kier molecular flexibility index (Phi) is 4.97. The SMILES string of the molecule is OC(CCCc1ccccc1Br)c1ccccc1. The van der Waals surface area contributed by atoms with Crippen LogP contribution in [0.15, 0.2) is 59.1 Å². The van der Waals surface area contributed by atoms with Crippen LogP contribution in [0.5, 0.6) is 0 Å². The number of hydrogen-bond donors (Lipinski definition) is 1. The van der Waals surface area contributed by atoms with E-state index < -0.39 is 0 Å². The van der Waals surface area contributed by atoms with Gasteiger partial charge in [-0.1, -0.05) is 64.5 Å². The van der Waals surface area contributed by atoms with Crippen molar-refractivity contribution in [3.8, 4) is 0 Å². The summed E-state index contributed by atoms with van der Waals surface area (Å²) in [5.41, 5.74) is 2.31. The van der Waals surface area contributed by atoms with E-state index in [1.165, 1.54) is 5.56 Å². The van der Waals surface area contributed by atoms with Crippen molar-refractivity contribution >= 4 is 15.9 Å². The number of aliphatic hydroxyl groups is 1. The van der Waals surface area contributed by atoms with E-state index in [-0.39, 0.29) is 6.10 Å². The van der Waals surface area contributed by atoms with Crippen LogP contribution in [0.25, 0.3) is 0 Å². The molecule has 1 unspecified atom stereocenters. The molecule has 0 fully saturated rings. The molecular weight excluding hydrogens is 288 g/mol. The van der Waals surface area contributed by atoms with Gasteiger partial charge >= 0.3 is 0 Å². The number of benzene rings is 2. The highest BCUT2D eigenvalue weighted by molar-refractivity contribution is 9.10. The molecule has 0 saturated carbocycles. The molecule has 0 bridgehead atoms. The van der Waals surface area contributed by atoms with Crippen LogP contribution in [-0.4, -0.2) is 5.11 Å². The molecule has 18 heavy (non-hydrogen) atoms. The lowest BCUT2D eigenvalue weighted by Crippen LogP contribution is -1.98. The van der Waals surface area contributed by atoms with Gasteiger partial charge in [0.25, 0.3) is 0 Å². The third kappa shape index (κ3) is 3.69. The molecule has 0 aliphatic carbocycles. The Morgan fingerprint density at radius 3 is 2.33 bits per heavy atom. The van der Waals surface area contributed by atoms with Crippen LogP contribution < -0.4 is 0 Å². The molecule has 1 atom stereocenters. The Balaban J connectivity index is 1.84. The molecule has 2 heteroatoms. The van der Waals surface area contributed by atoms with E-state index in [9.17, 15) is 5.11 Å². The zero-order valence-corrected chi connectivity index (χ0v) is 11.8. The maximum absolute atomic E-state index is 10.1. The van der Waals surface area contributed by atoms with Crippen molar-refractivity contribution in [2.75, 3.05) is 0 Å². The molecule has 1 nitrogen and oxygen atoms in total. The van der Waals surface area contributed by atoms with Crippen LogP contribution in [0.2, 0.25) is 0 Å². The molecule has 1 N–H and O–H groups in total. The summed E-state index contributed by atoms with van der Waals surface area (Å²) in [7, 11) is 0. The molecule has 2 rings (SSSR count). The summed E-state index contributed by atoms with van der Waals surface area (Å²) in [4.78, 5) is 0. The fourth-order valence-corrected chi connectivity index (χ4v) is 2.51. The van der Waals surface area contributed by atoms with Crippen molar-refractivity contribution in [1.82, 2.24) is 0 Å². The predicted octanol–water partition coefficient (Wildman–Crippen LogP) is 4.51. The van der Waals surface area contributed by atoms with E-state index in [1.807, 2.05) is 42.5 Å². The Bertz CT molecular complexity index is 481. The summed E-state index contributed by atoms with van der Waals surface area (Å²) < 4.78 is 1.15. The Morgan fingerprint density at radius 2 is 1.61 bits per heavy atom. The fourth-order valence-electron chi connectivity index (χ4n) is 2.03. The van der Waals surface area contributed by atoms with Crippen molar-refractivity contribution in [2.24, 2.45) is 0 Å². The molecule has 94 valence electrons. The van der Waals surface area contributed by atoms with Crippen LogP contribution in [0.1, 0.15) is 30.1 Å². The van der Waals surface area contributed by atoms with E-state index in [4.69, 9.17) is 0 Å². The van der Waals surface area contributed by atoms with Gasteiger partial charge in [0, 0.05) is 4.47 Å². The average molecular weight is 305 g/mol. The lowest BCUT2D eigenvalue weighted by molar-refractivity contribution is 0.164. The summed E-state index contributed by atoms with van der Waals surface area (Å²) in [6.07, 6.45) is 2.42. The third-order valence-electron chi connectivity index (χ3n) is 3.07. The molecule has 0 saturated heterocycles. The topological polar surface area (TPSA) is 20.2 Å². The molecule has 0 aromatic heterocycles. The lowest BCUT2D eigenvalue weighted by Gasteiger charge is -2.11. The molecule has 0 radical (unpaired) electrons. The van der Waals surface area contributed by atoms with Gasteiger partial charge in [-0.05, 0) is 36.5 Å². The maximum atomic E-state index is 10.1. The average Bonchev–Trinajstić information content (AvgIpc) is 2.42. The zero-order chi connectivity index (χ0) is 12.8. The minimum Gasteiger partial charge on any atom is -0.388 e. The van der Waals surface area contributed by atoms with E-state index in [1.54, 1.807) is 0 Å². The third-order valence-corrected chi connectivity index (χ3v) is 3.84. The quantitative estimate of drug-likeness (QED) is 0.862. The highest BCUT2D eigenvalue weighted by Gasteiger charge is 2.07. The molecule has 0 aliphatic rings. The van der Waals surface area contributed by atoms with Gasteiger partial charge < -0.3 is 5.11 Å². The molecule has 0 amide bonds. The van der Waals surface area contributed by atoms with Crippen LogP contribution in [0.3, 0.4) is 0 Å². The largest absolute Gasteiger partial charge is 0.388 e. The van der Waals surface area contributed by atoms with E-state index >= 15 is 0 Å². The first-order valence-electron chi connectivity index (χ1n) is 6.24. The monoisotopic (exact) mass is 304 g/mol. The Labute approximate surface area is 117 Å².